The third kappa shape index (κ3) is 3.48. The molecule has 8 heteroatoms. The van der Waals surface area contributed by atoms with Gasteiger partial charge in [0.05, 0.1) is 10.9 Å². The van der Waals surface area contributed by atoms with Gasteiger partial charge in [0.15, 0.2) is 0 Å². The second-order valence-electron chi connectivity index (χ2n) is 6.24. The van der Waals surface area contributed by atoms with Gasteiger partial charge in [-0.2, -0.15) is 0 Å². The molecule has 0 fully saturated rings. The highest BCUT2D eigenvalue weighted by atomic mass is 16.2. The van der Waals surface area contributed by atoms with Gasteiger partial charge in [0.2, 0.25) is 5.91 Å². The number of nitrogens with one attached hydrogen (secondary N) is 3. The molecule has 28 heavy (non-hydrogen) atoms. The summed E-state index contributed by atoms with van der Waals surface area (Å²) in [6.07, 6.45) is 3.51. The fourth-order valence-corrected chi connectivity index (χ4v) is 3.04. The number of carbonyl (C=O) groups is 1. The molecule has 8 nitrogen and oxygen atoms in total. The zero-order valence-corrected chi connectivity index (χ0v) is 14.8. The van der Waals surface area contributed by atoms with Crippen molar-refractivity contribution in [1.82, 2.24) is 19.5 Å². The number of hydrogen-bond acceptors (Lipinski definition) is 4. The normalized spacial score (nSPS) is 10.9. The molecule has 2 aromatic heterocycles. The van der Waals surface area contributed by atoms with Crippen LogP contribution in [0, 0.1) is 0 Å². The third-order valence-corrected chi connectivity index (χ3v) is 4.41. The summed E-state index contributed by atoms with van der Waals surface area (Å²) in [6, 6.07) is 14.1. The van der Waals surface area contributed by atoms with Crippen molar-refractivity contribution in [2.75, 3.05) is 5.32 Å². The average Bonchev–Trinajstić information content (AvgIpc) is 3.23. The molecule has 0 aliphatic heterocycles. The van der Waals surface area contributed by atoms with E-state index in [-0.39, 0.29) is 18.9 Å². The maximum Gasteiger partial charge on any atom is 0.328 e. The topological polar surface area (TPSA) is 113 Å². The van der Waals surface area contributed by atoms with Crippen LogP contribution in [0.4, 0.5) is 5.69 Å². The van der Waals surface area contributed by atoms with Crippen LogP contribution < -0.4 is 16.6 Å². The van der Waals surface area contributed by atoms with Crippen molar-refractivity contribution in [1.29, 1.82) is 0 Å². The molecular formula is C20H17N5O3. The van der Waals surface area contributed by atoms with Crippen molar-refractivity contribution in [3.8, 4) is 11.4 Å². The number of rotatable bonds is 5. The summed E-state index contributed by atoms with van der Waals surface area (Å²) in [6.45, 7) is 0.159. The molecule has 0 unspecified atom stereocenters. The number of hydrogen-bond donors (Lipinski definition) is 3. The van der Waals surface area contributed by atoms with Crippen LogP contribution in [0.25, 0.3) is 22.3 Å². The monoisotopic (exact) mass is 375 g/mol. The molecule has 4 aromatic rings. The van der Waals surface area contributed by atoms with Gasteiger partial charge in [-0.3, -0.25) is 19.1 Å². The average molecular weight is 375 g/mol. The van der Waals surface area contributed by atoms with Gasteiger partial charge < -0.3 is 10.3 Å². The Morgan fingerprint density at radius 2 is 1.86 bits per heavy atom. The van der Waals surface area contributed by atoms with Crippen LogP contribution in [0.15, 0.2) is 70.5 Å². The molecule has 0 radical (unpaired) electrons. The first kappa shape index (κ1) is 17.5. The molecule has 2 aromatic carbocycles. The fourth-order valence-electron chi connectivity index (χ4n) is 3.04. The van der Waals surface area contributed by atoms with E-state index in [1.54, 1.807) is 48.8 Å². The Morgan fingerprint density at radius 1 is 1.07 bits per heavy atom. The number of aryl methyl sites for hydroxylation is 1. The molecule has 2 heterocycles. The number of H-pyrrole nitrogens is 2. The molecule has 3 N–H and O–H groups in total. The predicted molar refractivity (Wildman–Crippen MR) is 106 cm³/mol. The van der Waals surface area contributed by atoms with Crippen molar-refractivity contribution in [3.63, 3.8) is 0 Å². The molecule has 0 aliphatic rings. The lowest BCUT2D eigenvalue weighted by molar-refractivity contribution is -0.116. The van der Waals surface area contributed by atoms with Crippen LogP contribution in [0.3, 0.4) is 0 Å². The number of benzene rings is 2. The summed E-state index contributed by atoms with van der Waals surface area (Å²) >= 11 is 0. The van der Waals surface area contributed by atoms with Crippen LogP contribution in [0.5, 0.6) is 0 Å². The van der Waals surface area contributed by atoms with Crippen LogP contribution >= 0.6 is 0 Å². The van der Waals surface area contributed by atoms with Crippen LogP contribution in [-0.2, 0) is 11.3 Å². The maximum absolute atomic E-state index is 12.3. The Hall–Kier alpha value is -3.94. The molecule has 0 saturated heterocycles. The van der Waals surface area contributed by atoms with Gasteiger partial charge in [-0.05, 0) is 36.4 Å². The summed E-state index contributed by atoms with van der Waals surface area (Å²) < 4.78 is 1.40. The van der Waals surface area contributed by atoms with Crippen molar-refractivity contribution >= 4 is 22.5 Å². The third-order valence-electron chi connectivity index (χ3n) is 4.41. The Morgan fingerprint density at radius 3 is 2.61 bits per heavy atom. The van der Waals surface area contributed by atoms with Gasteiger partial charge in [0.25, 0.3) is 5.56 Å². The zero-order valence-electron chi connectivity index (χ0n) is 14.8. The Labute approximate surface area is 158 Å². The van der Waals surface area contributed by atoms with E-state index in [0.717, 1.165) is 11.4 Å². The van der Waals surface area contributed by atoms with Crippen molar-refractivity contribution in [3.05, 3.63) is 81.8 Å². The van der Waals surface area contributed by atoms with Gasteiger partial charge in [-0.1, -0.05) is 12.1 Å². The summed E-state index contributed by atoms with van der Waals surface area (Å²) in [5.74, 6) is 0.523. The standard InChI is InChI=1S/C20H17N5O3/c26-17(23-14-7-5-13(6-8-14)18-21-10-11-22-18)9-12-25-16-4-2-1-3-15(16)19(27)24-20(25)28/h1-8,10-11H,9,12H2,(H,21,22)(H,23,26)(H,24,27,28). The molecule has 0 aliphatic carbocycles. The highest BCUT2D eigenvalue weighted by Crippen LogP contribution is 2.17. The van der Waals surface area contributed by atoms with E-state index in [4.69, 9.17) is 0 Å². The molecule has 0 bridgehead atoms. The Balaban J connectivity index is 1.46. The van der Waals surface area contributed by atoms with E-state index in [1.165, 1.54) is 4.57 Å². The molecule has 0 spiro atoms. The van der Waals surface area contributed by atoms with Gasteiger partial charge in [-0.25, -0.2) is 9.78 Å². The van der Waals surface area contributed by atoms with E-state index in [2.05, 4.69) is 20.3 Å². The number of fused-ring (bicyclic) bond motifs is 1. The lowest BCUT2D eigenvalue weighted by atomic mass is 10.2. The van der Waals surface area contributed by atoms with E-state index >= 15 is 0 Å². The minimum Gasteiger partial charge on any atom is -0.345 e. The largest absolute Gasteiger partial charge is 0.345 e. The number of imidazole rings is 1. The van der Waals surface area contributed by atoms with Crippen molar-refractivity contribution in [2.24, 2.45) is 0 Å². The fraction of sp³-hybridized carbons (Fsp3) is 0.100. The van der Waals surface area contributed by atoms with E-state index in [1.807, 2.05) is 12.1 Å². The molecule has 0 atom stereocenters. The molecular weight excluding hydrogens is 358 g/mol. The number of anilines is 1. The van der Waals surface area contributed by atoms with Crippen LogP contribution in [0.2, 0.25) is 0 Å². The Bertz CT molecular complexity index is 1240. The number of carbonyl (C=O) groups excluding carboxylic acids is 1. The summed E-state index contributed by atoms with van der Waals surface area (Å²) in [5, 5.41) is 3.22. The van der Waals surface area contributed by atoms with E-state index in [9.17, 15) is 14.4 Å². The number of para-hydroxylation sites is 1. The number of aromatic nitrogens is 4. The Kier molecular flexibility index (Phi) is 4.59. The molecule has 140 valence electrons. The number of nitrogens with zero attached hydrogens (tertiary/aromatic N) is 2. The summed E-state index contributed by atoms with van der Waals surface area (Å²) in [7, 11) is 0. The van der Waals surface area contributed by atoms with Crippen molar-refractivity contribution in [2.45, 2.75) is 13.0 Å². The SMILES string of the molecule is O=C(CCn1c(=O)[nH]c(=O)c2ccccc21)Nc1ccc(-c2ncc[nH]2)cc1. The minimum absolute atomic E-state index is 0.0931. The number of aromatic amines is 2. The van der Waals surface area contributed by atoms with Gasteiger partial charge in [-0.15, -0.1) is 0 Å². The second-order valence-corrected chi connectivity index (χ2v) is 6.24. The lowest BCUT2D eigenvalue weighted by Crippen LogP contribution is -2.31. The van der Waals surface area contributed by atoms with Crippen molar-refractivity contribution < 1.29 is 4.79 Å². The maximum atomic E-state index is 12.3. The molecule has 4 rings (SSSR count). The quantitative estimate of drug-likeness (QED) is 0.496. The highest BCUT2D eigenvalue weighted by Gasteiger charge is 2.09. The molecule has 1 amide bonds. The van der Waals surface area contributed by atoms with E-state index in [0.29, 0.717) is 16.6 Å². The smallest absolute Gasteiger partial charge is 0.328 e. The van der Waals surface area contributed by atoms with Gasteiger partial charge >= 0.3 is 5.69 Å². The first-order chi connectivity index (χ1) is 13.6. The molecule has 0 saturated carbocycles. The van der Waals surface area contributed by atoms with Gasteiger partial charge in [0, 0.05) is 36.6 Å². The minimum atomic E-state index is -0.528. The van der Waals surface area contributed by atoms with Crippen LogP contribution in [0.1, 0.15) is 6.42 Å². The summed E-state index contributed by atoms with van der Waals surface area (Å²) in [5.41, 5.74) is 1.11. The number of amides is 1. The summed E-state index contributed by atoms with van der Waals surface area (Å²) in [4.78, 5) is 45.8. The first-order valence-corrected chi connectivity index (χ1v) is 8.73. The second kappa shape index (κ2) is 7.36. The first-order valence-electron chi connectivity index (χ1n) is 8.73. The highest BCUT2D eigenvalue weighted by molar-refractivity contribution is 5.91. The lowest BCUT2D eigenvalue weighted by Gasteiger charge is -2.10. The van der Waals surface area contributed by atoms with Crippen LogP contribution in [-0.4, -0.2) is 25.4 Å². The van der Waals surface area contributed by atoms with Gasteiger partial charge in [0.1, 0.15) is 5.82 Å². The zero-order chi connectivity index (χ0) is 19.5. The van der Waals surface area contributed by atoms with E-state index < -0.39 is 11.2 Å². The predicted octanol–water partition coefficient (Wildman–Crippen LogP) is 2.11.